The Bertz CT molecular complexity index is 1110. The van der Waals surface area contributed by atoms with Gasteiger partial charge in [-0.25, -0.2) is 4.98 Å². The molecule has 0 spiro atoms. The smallest absolute Gasteiger partial charge is 0.214 e. The van der Waals surface area contributed by atoms with Crippen molar-refractivity contribution in [3.8, 4) is 17.0 Å². The van der Waals surface area contributed by atoms with Gasteiger partial charge in [-0.15, -0.1) is 0 Å². The van der Waals surface area contributed by atoms with Crippen LogP contribution in [-0.2, 0) is 0 Å². The zero-order valence-electron chi connectivity index (χ0n) is 13.1. The van der Waals surface area contributed by atoms with Crippen molar-refractivity contribution >= 4 is 21.8 Å². The molecule has 0 N–H and O–H groups in total. The van der Waals surface area contributed by atoms with Gasteiger partial charge in [-0.2, -0.15) is 0 Å². The largest absolute Gasteiger partial charge is 0.497 e. The Labute approximate surface area is 138 Å². The molecular formula is C20H14N2O2. The van der Waals surface area contributed by atoms with Crippen molar-refractivity contribution in [2.75, 3.05) is 7.11 Å². The molecule has 4 aromatic rings. The van der Waals surface area contributed by atoms with Crippen LogP contribution in [0.4, 0.5) is 0 Å². The Hall–Kier alpha value is -3.27. The summed E-state index contributed by atoms with van der Waals surface area (Å²) in [4.78, 5) is 22.0. The second kappa shape index (κ2) is 5.74. The van der Waals surface area contributed by atoms with Crippen LogP contribution in [0.15, 0.2) is 71.7 Å². The highest BCUT2D eigenvalue weighted by Crippen LogP contribution is 2.21. The first-order chi connectivity index (χ1) is 11.8. The summed E-state index contributed by atoms with van der Waals surface area (Å²) in [6, 6.07) is 18.9. The van der Waals surface area contributed by atoms with E-state index in [1.807, 2.05) is 54.6 Å². The van der Waals surface area contributed by atoms with E-state index in [-0.39, 0.29) is 5.43 Å². The SMILES string of the molecule is COc1ccc2ccc3ncc(-c4ccccc4)nc3c(=O)c2c1. The number of aromatic nitrogens is 2. The zero-order valence-corrected chi connectivity index (χ0v) is 13.1. The molecule has 0 saturated carbocycles. The summed E-state index contributed by atoms with van der Waals surface area (Å²) < 4.78 is 5.24. The highest BCUT2D eigenvalue weighted by molar-refractivity contribution is 5.91. The molecule has 0 aliphatic rings. The van der Waals surface area contributed by atoms with Crippen molar-refractivity contribution in [1.82, 2.24) is 9.97 Å². The van der Waals surface area contributed by atoms with Gasteiger partial charge >= 0.3 is 0 Å². The van der Waals surface area contributed by atoms with E-state index in [2.05, 4.69) is 9.97 Å². The van der Waals surface area contributed by atoms with Crippen LogP contribution in [0.3, 0.4) is 0 Å². The molecular weight excluding hydrogens is 300 g/mol. The summed E-state index contributed by atoms with van der Waals surface area (Å²) in [5.74, 6) is 0.645. The second-order valence-corrected chi connectivity index (χ2v) is 5.47. The van der Waals surface area contributed by atoms with Crippen LogP contribution in [0, 0.1) is 0 Å². The summed E-state index contributed by atoms with van der Waals surface area (Å²) in [5, 5.41) is 1.41. The lowest BCUT2D eigenvalue weighted by Gasteiger charge is -2.01. The lowest BCUT2D eigenvalue weighted by molar-refractivity contribution is 0.415. The van der Waals surface area contributed by atoms with Gasteiger partial charge in [0.1, 0.15) is 11.3 Å². The summed E-state index contributed by atoms with van der Waals surface area (Å²) >= 11 is 0. The number of methoxy groups -OCH3 is 1. The predicted molar refractivity (Wildman–Crippen MR) is 95.3 cm³/mol. The monoisotopic (exact) mass is 314 g/mol. The summed E-state index contributed by atoms with van der Waals surface area (Å²) in [7, 11) is 1.58. The molecule has 116 valence electrons. The van der Waals surface area contributed by atoms with Gasteiger partial charge in [0.05, 0.1) is 24.5 Å². The van der Waals surface area contributed by atoms with Crippen molar-refractivity contribution in [3.63, 3.8) is 0 Å². The molecule has 0 aliphatic carbocycles. The number of rotatable bonds is 2. The molecule has 0 aliphatic heterocycles. The van der Waals surface area contributed by atoms with E-state index >= 15 is 0 Å². The van der Waals surface area contributed by atoms with Crippen LogP contribution in [-0.4, -0.2) is 17.1 Å². The average molecular weight is 314 g/mol. The first-order valence-electron chi connectivity index (χ1n) is 7.59. The van der Waals surface area contributed by atoms with Gasteiger partial charge in [-0.1, -0.05) is 42.5 Å². The molecule has 4 nitrogen and oxygen atoms in total. The maximum atomic E-state index is 13.0. The minimum atomic E-state index is -0.144. The van der Waals surface area contributed by atoms with E-state index in [1.165, 1.54) is 0 Å². The molecule has 0 saturated heterocycles. The van der Waals surface area contributed by atoms with E-state index in [0.717, 1.165) is 10.9 Å². The fourth-order valence-corrected chi connectivity index (χ4v) is 2.74. The first kappa shape index (κ1) is 14.3. The van der Waals surface area contributed by atoms with Crippen LogP contribution in [0.1, 0.15) is 0 Å². The minimum Gasteiger partial charge on any atom is -0.497 e. The summed E-state index contributed by atoms with van der Waals surface area (Å²) in [5.41, 5.74) is 2.41. The highest BCUT2D eigenvalue weighted by atomic mass is 16.5. The molecule has 0 bridgehead atoms. The Morgan fingerprint density at radius 1 is 0.958 bits per heavy atom. The van der Waals surface area contributed by atoms with Gasteiger partial charge < -0.3 is 4.74 Å². The second-order valence-electron chi connectivity index (χ2n) is 5.47. The number of benzene rings is 2. The third kappa shape index (κ3) is 2.38. The van der Waals surface area contributed by atoms with Crippen LogP contribution in [0.2, 0.25) is 0 Å². The van der Waals surface area contributed by atoms with Crippen LogP contribution >= 0.6 is 0 Å². The quantitative estimate of drug-likeness (QED) is 0.564. The van der Waals surface area contributed by atoms with Crippen LogP contribution < -0.4 is 10.2 Å². The average Bonchev–Trinajstić information content (AvgIpc) is 2.79. The van der Waals surface area contributed by atoms with Crippen LogP contribution in [0.5, 0.6) is 5.75 Å². The van der Waals surface area contributed by atoms with Gasteiger partial charge in [-0.05, 0) is 23.6 Å². The molecule has 0 unspecified atom stereocenters. The normalized spacial score (nSPS) is 10.9. The molecule has 0 amide bonds. The third-order valence-electron chi connectivity index (χ3n) is 4.01. The first-order valence-corrected chi connectivity index (χ1v) is 7.59. The summed E-state index contributed by atoms with van der Waals surface area (Å²) in [6.45, 7) is 0. The van der Waals surface area contributed by atoms with Gasteiger partial charge in [0, 0.05) is 10.9 Å². The maximum absolute atomic E-state index is 13.0. The molecule has 0 atom stereocenters. The zero-order chi connectivity index (χ0) is 16.5. The number of nitrogens with zero attached hydrogens (tertiary/aromatic N) is 2. The van der Waals surface area contributed by atoms with E-state index in [4.69, 9.17) is 4.74 Å². The van der Waals surface area contributed by atoms with Gasteiger partial charge in [0.25, 0.3) is 0 Å². The highest BCUT2D eigenvalue weighted by Gasteiger charge is 2.08. The van der Waals surface area contributed by atoms with Crippen molar-refractivity contribution in [1.29, 1.82) is 0 Å². The van der Waals surface area contributed by atoms with Gasteiger partial charge in [-0.3, -0.25) is 9.78 Å². The Balaban J connectivity index is 2.07. The van der Waals surface area contributed by atoms with Gasteiger partial charge in [0.15, 0.2) is 0 Å². The lowest BCUT2D eigenvalue weighted by atomic mass is 10.1. The standard InChI is InChI=1S/C20H14N2O2/c1-24-15-9-7-13-8-10-17-19(20(23)16(13)11-15)22-18(12-21-17)14-5-3-2-4-6-14/h2-12H,1H3. The maximum Gasteiger partial charge on any atom is 0.214 e. The van der Waals surface area contributed by atoms with E-state index in [9.17, 15) is 4.79 Å². The molecule has 4 rings (SSSR count). The Morgan fingerprint density at radius 2 is 1.75 bits per heavy atom. The van der Waals surface area contributed by atoms with Crippen molar-refractivity contribution in [2.45, 2.75) is 0 Å². The molecule has 0 fully saturated rings. The molecule has 24 heavy (non-hydrogen) atoms. The van der Waals surface area contributed by atoms with E-state index in [0.29, 0.717) is 27.9 Å². The van der Waals surface area contributed by atoms with E-state index in [1.54, 1.807) is 19.4 Å². The lowest BCUT2D eigenvalue weighted by Crippen LogP contribution is -2.02. The minimum absolute atomic E-state index is 0.144. The number of ether oxygens (including phenoxy) is 1. The number of hydrogen-bond donors (Lipinski definition) is 0. The fourth-order valence-electron chi connectivity index (χ4n) is 2.74. The van der Waals surface area contributed by atoms with Gasteiger partial charge in [0.2, 0.25) is 5.43 Å². The van der Waals surface area contributed by atoms with Crippen molar-refractivity contribution in [2.24, 2.45) is 0 Å². The fraction of sp³-hybridized carbons (Fsp3) is 0.0500. The number of fused-ring (bicyclic) bond motifs is 2. The Kier molecular flexibility index (Phi) is 3.43. The third-order valence-corrected chi connectivity index (χ3v) is 4.01. The molecule has 3 aromatic carbocycles. The predicted octanol–water partition coefficient (Wildman–Crippen LogP) is 3.82. The molecule has 1 heterocycles. The van der Waals surface area contributed by atoms with Crippen molar-refractivity contribution < 1.29 is 4.74 Å². The molecule has 1 aromatic heterocycles. The molecule has 0 radical (unpaired) electrons. The topological polar surface area (TPSA) is 52.1 Å². The Morgan fingerprint density at radius 3 is 2.54 bits per heavy atom. The van der Waals surface area contributed by atoms with Crippen molar-refractivity contribution in [3.05, 3.63) is 77.1 Å². The van der Waals surface area contributed by atoms with E-state index < -0.39 is 0 Å². The molecule has 4 heteroatoms. The van der Waals surface area contributed by atoms with Crippen LogP contribution in [0.25, 0.3) is 33.1 Å². The summed E-state index contributed by atoms with van der Waals surface area (Å²) in [6.07, 6.45) is 1.70. The number of hydrogen-bond acceptors (Lipinski definition) is 4.